The van der Waals surface area contributed by atoms with Gasteiger partial charge in [0.1, 0.15) is 36.2 Å². The van der Waals surface area contributed by atoms with E-state index in [4.69, 9.17) is 10.5 Å². The van der Waals surface area contributed by atoms with Crippen molar-refractivity contribution < 1.29 is 32.3 Å². The lowest BCUT2D eigenvalue weighted by atomic mass is 9.74. The largest absolute Gasteiger partial charge is 0.491 e. The minimum Gasteiger partial charge on any atom is -0.491 e. The van der Waals surface area contributed by atoms with Crippen LogP contribution in [0.5, 0.6) is 5.75 Å². The number of hydrogen-bond acceptors (Lipinski definition) is 7. The van der Waals surface area contributed by atoms with E-state index in [0.717, 1.165) is 11.1 Å². The van der Waals surface area contributed by atoms with Crippen LogP contribution in [0.25, 0.3) is 0 Å². The van der Waals surface area contributed by atoms with Crippen molar-refractivity contribution in [3.63, 3.8) is 0 Å². The molecule has 3 N–H and O–H groups in total. The molecule has 0 aliphatic carbocycles. The van der Waals surface area contributed by atoms with Crippen LogP contribution in [0.4, 0.5) is 13.2 Å². The number of piperidine rings is 1. The minimum atomic E-state index is -2.79. The van der Waals surface area contributed by atoms with Crippen molar-refractivity contribution in [3.05, 3.63) is 60.2 Å². The Morgan fingerprint density at radius 2 is 2.00 bits per heavy atom. The van der Waals surface area contributed by atoms with Crippen molar-refractivity contribution in [2.75, 3.05) is 26.2 Å². The first-order valence-corrected chi connectivity index (χ1v) is 12.7. The first-order chi connectivity index (χ1) is 18.9. The molecular formula is C27H31F3N6O4. The molecule has 1 aromatic carbocycles. The molecule has 0 radical (unpaired) electrons. The number of amides is 3. The fraction of sp³-hybridized carbons (Fsp3) is 0.444. The highest BCUT2D eigenvalue weighted by molar-refractivity contribution is 6.13. The van der Waals surface area contributed by atoms with Gasteiger partial charge < -0.3 is 20.7 Å². The summed E-state index contributed by atoms with van der Waals surface area (Å²) in [5, 5.41) is 7.57. The zero-order valence-corrected chi connectivity index (χ0v) is 22.1. The number of hydrogen-bond donors (Lipinski definition) is 2. The average molecular weight is 561 g/mol. The maximum absolute atomic E-state index is 13.8. The van der Waals surface area contributed by atoms with E-state index in [1.807, 2.05) is 0 Å². The van der Waals surface area contributed by atoms with Gasteiger partial charge in [-0.2, -0.15) is 5.10 Å². The molecule has 0 saturated carbocycles. The third-order valence-corrected chi connectivity index (χ3v) is 6.75. The number of benzene rings is 1. The maximum Gasteiger partial charge on any atom is 0.258 e. The molecule has 40 heavy (non-hydrogen) atoms. The van der Waals surface area contributed by atoms with Crippen LogP contribution in [0.3, 0.4) is 0 Å². The van der Waals surface area contributed by atoms with Gasteiger partial charge in [0.25, 0.3) is 12.3 Å². The number of aromatic nitrogens is 1. The minimum absolute atomic E-state index is 0.0433. The molecule has 2 aromatic rings. The molecule has 214 valence electrons. The number of rotatable bonds is 10. The number of nitrogens with one attached hydrogen (secondary N) is 1. The number of nitrogens with zero attached hydrogens (tertiary/aromatic N) is 4. The monoisotopic (exact) mass is 560 g/mol. The van der Waals surface area contributed by atoms with E-state index >= 15 is 0 Å². The predicted molar refractivity (Wildman–Crippen MR) is 139 cm³/mol. The van der Waals surface area contributed by atoms with Gasteiger partial charge in [-0.3, -0.25) is 19.4 Å². The molecule has 3 heterocycles. The number of carbonyl (C=O) groups excluding carboxylic acids is 3. The molecule has 10 nitrogen and oxygen atoms in total. The molecule has 2 aliphatic rings. The normalized spacial score (nSPS) is 19.8. The zero-order valence-electron chi connectivity index (χ0n) is 22.1. The van der Waals surface area contributed by atoms with Crippen molar-refractivity contribution in [1.82, 2.24) is 20.2 Å². The van der Waals surface area contributed by atoms with E-state index in [-0.39, 0.29) is 38.3 Å². The Labute approximate surface area is 229 Å². The smallest absolute Gasteiger partial charge is 0.258 e. The number of fused-ring (bicyclic) bond motifs is 1. The second-order valence-electron chi connectivity index (χ2n) is 10.4. The lowest BCUT2D eigenvalue weighted by Gasteiger charge is -2.40. The van der Waals surface area contributed by atoms with Crippen LogP contribution in [-0.2, 0) is 20.8 Å². The van der Waals surface area contributed by atoms with E-state index in [1.54, 1.807) is 24.4 Å². The van der Waals surface area contributed by atoms with Gasteiger partial charge in [0, 0.05) is 43.9 Å². The number of halogens is 3. The van der Waals surface area contributed by atoms with E-state index in [2.05, 4.69) is 15.4 Å². The van der Waals surface area contributed by atoms with E-state index in [0.29, 0.717) is 11.4 Å². The number of alkyl halides is 2. The van der Waals surface area contributed by atoms with E-state index in [9.17, 15) is 27.6 Å². The van der Waals surface area contributed by atoms with Gasteiger partial charge in [0.15, 0.2) is 0 Å². The summed E-state index contributed by atoms with van der Waals surface area (Å²) in [6, 6.07) is 9.22. The fourth-order valence-corrected chi connectivity index (χ4v) is 4.71. The number of hydrazone groups is 1. The summed E-state index contributed by atoms with van der Waals surface area (Å²) in [6.07, 6.45) is -1.05. The summed E-state index contributed by atoms with van der Waals surface area (Å²) < 4.78 is 45.8. The van der Waals surface area contributed by atoms with Crippen LogP contribution in [0, 0.1) is 11.2 Å². The Bertz CT molecular complexity index is 1290. The van der Waals surface area contributed by atoms with E-state index in [1.165, 1.54) is 36.9 Å². The highest BCUT2D eigenvalue weighted by Gasteiger charge is 2.55. The highest BCUT2D eigenvalue weighted by atomic mass is 19.3. The molecule has 0 spiro atoms. The Morgan fingerprint density at radius 1 is 1.23 bits per heavy atom. The first kappa shape index (κ1) is 29.0. The lowest BCUT2D eigenvalue weighted by molar-refractivity contribution is -0.144. The van der Waals surface area contributed by atoms with Gasteiger partial charge in [-0.05, 0) is 38.1 Å². The lowest BCUT2D eigenvalue weighted by Crippen LogP contribution is -2.62. The van der Waals surface area contributed by atoms with Crippen molar-refractivity contribution in [2.45, 2.75) is 44.7 Å². The van der Waals surface area contributed by atoms with Crippen LogP contribution < -0.4 is 15.8 Å². The summed E-state index contributed by atoms with van der Waals surface area (Å²) in [6.45, 7) is 1.68. The van der Waals surface area contributed by atoms with Gasteiger partial charge in [0.05, 0.1) is 11.3 Å². The number of likely N-dealkylation sites (tertiary alicyclic amines) is 1. The zero-order chi connectivity index (χ0) is 29.1. The summed E-state index contributed by atoms with van der Waals surface area (Å²) in [4.78, 5) is 45.8. The number of ether oxygens (including phenoxy) is 1. The molecule has 1 aromatic heterocycles. The Hall–Kier alpha value is -4.00. The van der Waals surface area contributed by atoms with Gasteiger partial charge in [-0.15, -0.1) is 0 Å². The van der Waals surface area contributed by atoms with Crippen LogP contribution in [-0.4, -0.2) is 82.6 Å². The van der Waals surface area contributed by atoms with Gasteiger partial charge in [-0.1, -0.05) is 12.1 Å². The Balaban J connectivity index is 1.61. The quantitative estimate of drug-likeness (QED) is 0.456. The Kier molecular flexibility index (Phi) is 8.43. The maximum atomic E-state index is 13.8. The van der Waals surface area contributed by atoms with Crippen LogP contribution in [0.15, 0.2) is 53.8 Å². The van der Waals surface area contributed by atoms with Gasteiger partial charge in [-0.25, -0.2) is 18.2 Å². The third kappa shape index (κ3) is 6.41. The molecule has 13 heteroatoms. The van der Waals surface area contributed by atoms with Gasteiger partial charge >= 0.3 is 0 Å². The van der Waals surface area contributed by atoms with Gasteiger partial charge in [0.2, 0.25) is 11.8 Å². The van der Waals surface area contributed by atoms with Crippen molar-refractivity contribution >= 4 is 23.4 Å². The summed E-state index contributed by atoms with van der Waals surface area (Å²) in [5.41, 5.74) is 4.12. The molecule has 1 fully saturated rings. The van der Waals surface area contributed by atoms with Crippen molar-refractivity contribution in [1.29, 1.82) is 0 Å². The average Bonchev–Trinajstić information content (AvgIpc) is 3.15. The summed E-state index contributed by atoms with van der Waals surface area (Å²) in [5.74, 6) is -2.25. The first-order valence-electron chi connectivity index (χ1n) is 12.7. The number of pyridine rings is 1. The molecule has 1 saturated heterocycles. The van der Waals surface area contributed by atoms with Crippen LogP contribution >= 0.6 is 0 Å². The second kappa shape index (κ2) is 11.6. The molecule has 2 atom stereocenters. The molecule has 2 unspecified atom stereocenters. The van der Waals surface area contributed by atoms with Crippen molar-refractivity contribution in [3.8, 4) is 5.75 Å². The SMILES string of the molecule is CC(C)(N)C(=O)NC(COc1cccc(F)c1)C(=O)N1CCC2=NN(CC(F)F)C(=O)C2(Cc2ccccn2)C1. The Morgan fingerprint density at radius 3 is 2.65 bits per heavy atom. The summed E-state index contributed by atoms with van der Waals surface area (Å²) in [7, 11) is 0. The van der Waals surface area contributed by atoms with Crippen molar-refractivity contribution in [2.24, 2.45) is 16.3 Å². The third-order valence-electron chi connectivity index (χ3n) is 6.75. The second-order valence-corrected chi connectivity index (χ2v) is 10.4. The number of carbonyl (C=O) groups is 3. The molecule has 2 aliphatic heterocycles. The molecular weight excluding hydrogens is 529 g/mol. The molecule has 0 bridgehead atoms. The van der Waals surface area contributed by atoms with Crippen LogP contribution in [0.2, 0.25) is 0 Å². The summed E-state index contributed by atoms with van der Waals surface area (Å²) >= 11 is 0. The highest BCUT2D eigenvalue weighted by Crippen LogP contribution is 2.38. The standard InChI is InChI=1S/C27H31F3N6O4/c1-26(2,31)24(38)33-20(15-40-19-8-5-6-17(28)12-19)23(37)35-11-9-21-27(16-35,13-18-7-3-4-10-32-18)25(39)36(34-21)14-22(29)30/h3-8,10,12,20,22H,9,11,13-16,31H2,1-2H3,(H,33,38). The van der Waals surface area contributed by atoms with E-state index < -0.39 is 53.5 Å². The fourth-order valence-electron chi connectivity index (χ4n) is 4.71. The molecule has 4 rings (SSSR count). The number of nitrogens with two attached hydrogens (primary N) is 1. The van der Waals surface area contributed by atoms with Crippen LogP contribution in [0.1, 0.15) is 26.0 Å². The topological polar surface area (TPSA) is 130 Å². The predicted octanol–water partition coefficient (Wildman–Crippen LogP) is 1.75. The molecule has 3 amide bonds.